The molecule has 0 heterocycles. The lowest BCUT2D eigenvalue weighted by Crippen LogP contribution is -2.36. The first-order valence-electron chi connectivity index (χ1n) is 5.54. The quantitative estimate of drug-likeness (QED) is 0.820. The van der Waals surface area contributed by atoms with Gasteiger partial charge in [0.1, 0.15) is 5.75 Å². The number of hydrogen-bond acceptors (Lipinski definition) is 2. The van der Waals surface area contributed by atoms with Gasteiger partial charge in [0.15, 0.2) is 0 Å². The highest BCUT2D eigenvalue weighted by Gasteiger charge is 2.13. The van der Waals surface area contributed by atoms with E-state index in [1.165, 1.54) is 5.56 Å². The first-order chi connectivity index (χ1) is 7.00. The zero-order valence-corrected chi connectivity index (χ0v) is 10.1. The van der Waals surface area contributed by atoms with Gasteiger partial charge in [-0.2, -0.15) is 0 Å². The van der Waals surface area contributed by atoms with Crippen molar-refractivity contribution in [2.24, 2.45) is 0 Å². The van der Waals surface area contributed by atoms with Gasteiger partial charge in [0.2, 0.25) is 0 Å². The lowest BCUT2D eigenvalue weighted by molar-refractivity contribution is 0.166. The van der Waals surface area contributed by atoms with Gasteiger partial charge in [0.05, 0.1) is 0 Å². The third-order valence-corrected chi connectivity index (χ3v) is 2.63. The van der Waals surface area contributed by atoms with E-state index in [0.29, 0.717) is 17.8 Å². The summed E-state index contributed by atoms with van der Waals surface area (Å²) < 4.78 is 0. The highest BCUT2D eigenvalue weighted by atomic mass is 16.3. The molecule has 15 heavy (non-hydrogen) atoms. The zero-order valence-electron chi connectivity index (χ0n) is 10.1. The largest absolute Gasteiger partial charge is 0.508 e. The molecule has 0 aromatic heterocycles. The molecule has 2 nitrogen and oxygen atoms in total. The Kier molecular flexibility index (Phi) is 4.15. The van der Waals surface area contributed by atoms with E-state index >= 15 is 0 Å². The third-order valence-electron chi connectivity index (χ3n) is 2.63. The summed E-state index contributed by atoms with van der Waals surface area (Å²) >= 11 is 0. The summed E-state index contributed by atoms with van der Waals surface area (Å²) in [6.07, 6.45) is 0. The monoisotopic (exact) mass is 207 g/mol. The summed E-state index contributed by atoms with van der Waals surface area (Å²) in [5, 5.41) is 9.20. The fourth-order valence-corrected chi connectivity index (χ4v) is 1.77. The Balaban J connectivity index is 2.70. The lowest BCUT2D eigenvalue weighted by atomic mass is 10.1. The van der Waals surface area contributed by atoms with Gasteiger partial charge in [-0.25, -0.2) is 0 Å². The second kappa shape index (κ2) is 5.17. The molecule has 1 aromatic carbocycles. The summed E-state index contributed by atoms with van der Waals surface area (Å²) in [6, 6.07) is 8.53. The van der Waals surface area contributed by atoms with Gasteiger partial charge < -0.3 is 5.11 Å². The third kappa shape index (κ3) is 3.56. The molecule has 0 spiro atoms. The van der Waals surface area contributed by atoms with Crippen molar-refractivity contribution in [1.82, 2.24) is 4.90 Å². The van der Waals surface area contributed by atoms with E-state index in [1.807, 2.05) is 12.1 Å². The topological polar surface area (TPSA) is 23.5 Å². The number of benzene rings is 1. The van der Waals surface area contributed by atoms with Crippen molar-refractivity contribution in [2.45, 2.75) is 46.3 Å². The smallest absolute Gasteiger partial charge is 0.115 e. The number of phenols is 1. The van der Waals surface area contributed by atoms with E-state index in [-0.39, 0.29) is 0 Å². The van der Waals surface area contributed by atoms with Crippen LogP contribution in [0.15, 0.2) is 24.3 Å². The molecular formula is C13H21NO. The van der Waals surface area contributed by atoms with Gasteiger partial charge in [-0.1, -0.05) is 12.1 Å². The molecule has 0 saturated heterocycles. The van der Waals surface area contributed by atoms with Crippen LogP contribution in [0.3, 0.4) is 0 Å². The molecule has 0 aliphatic heterocycles. The summed E-state index contributed by atoms with van der Waals surface area (Å²) in [6.45, 7) is 9.78. The molecule has 0 saturated carbocycles. The number of hydrogen-bond donors (Lipinski definition) is 1. The zero-order chi connectivity index (χ0) is 11.4. The Hall–Kier alpha value is -1.02. The molecule has 0 bridgehead atoms. The molecule has 1 aromatic rings. The summed E-state index contributed by atoms with van der Waals surface area (Å²) in [7, 11) is 0. The lowest BCUT2D eigenvalue weighted by Gasteiger charge is -2.30. The van der Waals surface area contributed by atoms with Crippen LogP contribution in [0.1, 0.15) is 33.3 Å². The Bertz CT molecular complexity index is 282. The molecule has 0 aliphatic carbocycles. The molecule has 0 radical (unpaired) electrons. The summed E-state index contributed by atoms with van der Waals surface area (Å²) in [5.41, 5.74) is 1.25. The molecule has 1 rings (SSSR count). The summed E-state index contributed by atoms with van der Waals surface area (Å²) in [5.74, 6) is 0.333. The number of rotatable bonds is 4. The Morgan fingerprint density at radius 1 is 1.00 bits per heavy atom. The normalized spacial score (nSPS) is 11.7. The van der Waals surface area contributed by atoms with Crippen molar-refractivity contribution < 1.29 is 5.11 Å². The van der Waals surface area contributed by atoms with Gasteiger partial charge in [-0.15, -0.1) is 0 Å². The molecule has 84 valence electrons. The first-order valence-corrected chi connectivity index (χ1v) is 5.54. The van der Waals surface area contributed by atoms with Crippen LogP contribution in [0.4, 0.5) is 0 Å². The van der Waals surface area contributed by atoms with Crippen LogP contribution in [0.25, 0.3) is 0 Å². The SMILES string of the molecule is CC(C)N(Cc1ccc(O)cc1)C(C)C. The average molecular weight is 207 g/mol. The molecule has 0 amide bonds. The van der Waals surface area contributed by atoms with Crippen molar-refractivity contribution in [1.29, 1.82) is 0 Å². The van der Waals surface area contributed by atoms with E-state index in [2.05, 4.69) is 32.6 Å². The van der Waals surface area contributed by atoms with E-state index in [9.17, 15) is 5.11 Å². The second-order valence-electron chi connectivity index (χ2n) is 4.53. The van der Waals surface area contributed by atoms with Gasteiger partial charge in [0, 0.05) is 18.6 Å². The number of aromatic hydroxyl groups is 1. The van der Waals surface area contributed by atoms with Crippen LogP contribution < -0.4 is 0 Å². The maximum absolute atomic E-state index is 9.20. The average Bonchev–Trinajstić information content (AvgIpc) is 2.15. The van der Waals surface area contributed by atoms with Crippen LogP contribution in [-0.4, -0.2) is 22.1 Å². The van der Waals surface area contributed by atoms with E-state index < -0.39 is 0 Å². The van der Waals surface area contributed by atoms with Crippen LogP contribution in [0, 0.1) is 0 Å². The van der Waals surface area contributed by atoms with Crippen molar-refractivity contribution in [3.8, 4) is 5.75 Å². The molecule has 2 heteroatoms. The minimum Gasteiger partial charge on any atom is -0.508 e. The molecular weight excluding hydrogens is 186 g/mol. The first kappa shape index (κ1) is 12.1. The van der Waals surface area contributed by atoms with Crippen molar-refractivity contribution in [2.75, 3.05) is 0 Å². The minimum atomic E-state index is 0.333. The Morgan fingerprint density at radius 3 is 1.87 bits per heavy atom. The van der Waals surface area contributed by atoms with Gasteiger partial charge >= 0.3 is 0 Å². The fraction of sp³-hybridized carbons (Fsp3) is 0.538. The maximum Gasteiger partial charge on any atom is 0.115 e. The van der Waals surface area contributed by atoms with Gasteiger partial charge in [-0.05, 0) is 45.4 Å². The van der Waals surface area contributed by atoms with Crippen molar-refractivity contribution >= 4 is 0 Å². The van der Waals surface area contributed by atoms with Crippen LogP contribution in [0.2, 0.25) is 0 Å². The molecule has 0 unspecified atom stereocenters. The Morgan fingerprint density at radius 2 is 1.47 bits per heavy atom. The fourth-order valence-electron chi connectivity index (χ4n) is 1.77. The predicted octanol–water partition coefficient (Wildman–Crippen LogP) is 3.01. The Labute approximate surface area is 92.5 Å². The number of nitrogens with zero attached hydrogens (tertiary/aromatic N) is 1. The standard InChI is InChI=1S/C13H21NO/c1-10(2)14(11(3)4)9-12-5-7-13(15)8-6-12/h5-8,10-11,15H,9H2,1-4H3. The van der Waals surface area contributed by atoms with E-state index in [0.717, 1.165) is 6.54 Å². The second-order valence-corrected chi connectivity index (χ2v) is 4.53. The molecule has 0 fully saturated rings. The van der Waals surface area contributed by atoms with Gasteiger partial charge in [0.25, 0.3) is 0 Å². The molecule has 0 atom stereocenters. The molecule has 0 aliphatic rings. The van der Waals surface area contributed by atoms with E-state index in [4.69, 9.17) is 0 Å². The van der Waals surface area contributed by atoms with Crippen LogP contribution in [0.5, 0.6) is 5.75 Å². The predicted molar refractivity (Wildman–Crippen MR) is 63.9 cm³/mol. The van der Waals surface area contributed by atoms with Crippen molar-refractivity contribution in [3.63, 3.8) is 0 Å². The number of phenolic OH excluding ortho intramolecular Hbond substituents is 1. The van der Waals surface area contributed by atoms with Crippen LogP contribution >= 0.6 is 0 Å². The minimum absolute atomic E-state index is 0.333. The molecule has 1 N–H and O–H groups in total. The maximum atomic E-state index is 9.20. The van der Waals surface area contributed by atoms with Crippen LogP contribution in [-0.2, 0) is 6.54 Å². The highest BCUT2D eigenvalue weighted by Crippen LogP contribution is 2.14. The highest BCUT2D eigenvalue weighted by molar-refractivity contribution is 5.25. The summed E-state index contributed by atoms with van der Waals surface area (Å²) in [4.78, 5) is 2.42. The van der Waals surface area contributed by atoms with Crippen molar-refractivity contribution in [3.05, 3.63) is 29.8 Å². The van der Waals surface area contributed by atoms with Gasteiger partial charge in [-0.3, -0.25) is 4.90 Å². The van der Waals surface area contributed by atoms with E-state index in [1.54, 1.807) is 12.1 Å².